The summed E-state index contributed by atoms with van der Waals surface area (Å²) in [4.78, 5) is 2.47. The molecule has 0 spiro atoms. The van der Waals surface area contributed by atoms with E-state index in [0.717, 1.165) is 29.7 Å². The molecule has 1 saturated heterocycles. The van der Waals surface area contributed by atoms with Crippen LogP contribution in [-0.4, -0.2) is 23.1 Å². The Morgan fingerprint density at radius 1 is 0.852 bits per heavy atom. The van der Waals surface area contributed by atoms with Gasteiger partial charge in [0.05, 0.1) is 6.10 Å². The standard InChI is InChI=1S/C24H24BrNO/c25-21-13-11-19(12-14-21)22-16-26(15-18-7-3-1-4-8-18)17-23(22)24(27)20-9-5-2-6-10-20/h1-14,22-24,27H,15-17H2/t22-,23?,24-/m0/s1. The van der Waals surface area contributed by atoms with Crippen LogP contribution >= 0.6 is 15.9 Å². The maximum Gasteiger partial charge on any atom is 0.0836 e. The van der Waals surface area contributed by atoms with Gasteiger partial charge in [-0.3, -0.25) is 4.90 Å². The number of aliphatic hydroxyl groups is 1. The van der Waals surface area contributed by atoms with Crippen LogP contribution in [0.1, 0.15) is 28.7 Å². The van der Waals surface area contributed by atoms with E-state index in [1.165, 1.54) is 11.1 Å². The van der Waals surface area contributed by atoms with Gasteiger partial charge in [-0.1, -0.05) is 88.7 Å². The molecule has 1 aliphatic heterocycles. The molecule has 0 bridgehead atoms. The van der Waals surface area contributed by atoms with Gasteiger partial charge in [-0.2, -0.15) is 0 Å². The number of rotatable bonds is 5. The molecule has 0 saturated carbocycles. The number of likely N-dealkylation sites (tertiary alicyclic amines) is 1. The molecule has 0 aromatic heterocycles. The average molecular weight is 422 g/mol. The smallest absolute Gasteiger partial charge is 0.0836 e. The van der Waals surface area contributed by atoms with Crippen molar-refractivity contribution in [2.24, 2.45) is 5.92 Å². The molecule has 1 aliphatic rings. The Morgan fingerprint density at radius 2 is 1.48 bits per heavy atom. The normalized spacial score (nSPS) is 21.3. The van der Waals surface area contributed by atoms with Gasteiger partial charge in [0.2, 0.25) is 0 Å². The third-order valence-electron chi connectivity index (χ3n) is 5.53. The molecular formula is C24H24BrNO. The fourth-order valence-electron chi connectivity index (χ4n) is 4.16. The topological polar surface area (TPSA) is 23.5 Å². The van der Waals surface area contributed by atoms with Crippen LogP contribution in [0, 0.1) is 5.92 Å². The zero-order valence-corrected chi connectivity index (χ0v) is 16.8. The predicted molar refractivity (Wildman–Crippen MR) is 113 cm³/mol. The van der Waals surface area contributed by atoms with E-state index in [9.17, 15) is 5.11 Å². The highest BCUT2D eigenvalue weighted by Gasteiger charge is 2.38. The number of hydrogen-bond acceptors (Lipinski definition) is 2. The van der Waals surface area contributed by atoms with E-state index in [1.807, 2.05) is 30.3 Å². The van der Waals surface area contributed by atoms with E-state index < -0.39 is 6.10 Å². The van der Waals surface area contributed by atoms with Gasteiger partial charge in [0.25, 0.3) is 0 Å². The van der Waals surface area contributed by atoms with Crippen LogP contribution in [0.3, 0.4) is 0 Å². The minimum atomic E-state index is -0.458. The lowest BCUT2D eigenvalue weighted by Gasteiger charge is -2.24. The summed E-state index contributed by atoms with van der Waals surface area (Å²) in [6.07, 6.45) is -0.458. The van der Waals surface area contributed by atoms with Gasteiger partial charge in [-0.15, -0.1) is 0 Å². The Morgan fingerprint density at radius 3 is 2.15 bits per heavy atom. The summed E-state index contributed by atoms with van der Waals surface area (Å²) >= 11 is 3.53. The van der Waals surface area contributed by atoms with Crippen LogP contribution < -0.4 is 0 Å². The lowest BCUT2D eigenvalue weighted by atomic mass is 9.83. The Bertz CT molecular complexity index is 851. The molecule has 1 N–H and O–H groups in total. The summed E-state index contributed by atoms with van der Waals surface area (Å²) in [6, 6.07) is 29.2. The molecule has 3 atom stereocenters. The van der Waals surface area contributed by atoms with Crippen molar-refractivity contribution < 1.29 is 5.11 Å². The zero-order chi connectivity index (χ0) is 18.6. The van der Waals surface area contributed by atoms with E-state index >= 15 is 0 Å². The second-order valence-corrected chi connectivity index (χ2v) is 8.27. The Hall–Kier alpha value is -1.94. The van der Waals surface area contributed by atoms with E-state index in [0.29, 0.717) is 5.92 Å². The summed E-state index contributed by atoms with van der Waals surface area (Å²) in [7, 11) is 0. The minimum absolute atomic E-state index is 0.178. The fraction of sp³-hybridized carbons (Fsp3) is 0.250. The molecule has 4 rings (SSSR count). The largest absolute Gasteiger partial charge is 0.388 e. The molecular weight excluding hydrogens is 398 g/mol. The Kier molecular flexibility index (Phi) is 5.72. The van der Waals surface area contributed by atoms with Crippen LogP contribution in [0.15, 0.2) is 89.4 Å². The summed E-state index contributed by atoms with van der Waals surface area (Å²) in [6.45, 7) is 2.78. The molecule has 0 radical (unpaired) electrons. The van der Waals surface area contributed by atoms with Crippen LogP contribution in [-0.2, 0) is 6.54 Å². The SMILES string of the molecule is O[C@@H](c1ccccc1)C1CN(Cc2ccccc2)C[C@H]1c1ccc(Br)cc1. The maximum absolute atomic E-state index is 11.2. The van der Waals surface area contributed by atoms with E-state index in [4.69, 9.17) is 0 Å². The van der Waals surface area contributed by atoms with Crippen LogP contribution in [0.5, 0.6) is 0 Å². The van der Waals surface area contributed by atoms with Crippen molar-refractivity contribution in [2.75, 3.05) is 13.1 Å². The molecule has 0 amide bonds. The third kappa shape index (κ3) is 4.32. The van der Waals surface area contributed by atoms with Gasteiger partial charge in [0, 0.05) is 35.9 Å². The molecule has 3 heteroatoms. The molecule has 1 heterocycles. The zero-order valence-electron chi connectivity index (χ0n) is 15.2. The molecule has 0 aliphatic carbocycles. The van der Waals surface area contributed by atoms with Crippen molar-refractivity contribution in [1.82, 2.24) is 4.90 Å². The van der Waals surface area contributed by atoms with Gasteiger partial charge < -0.3 is 5.11 Å². The first-order valence-electron chi connectivity index (χ1n) is 9.45. The first kappa shape index (κ1) is 18.4. The Balaban J connectivity index is 1.60. The number of halogens is 1. The number of aliphatic hydroxyl groups excluding tert-OH is 1. The summed E-state index contributed by atoms with van der Waals surface area (Å²) < 4.78 is 1.09. The third-order valence-corrected chi connectivity index (χ3v) is 6.06. The van der Waals surface area contributed by atoms with Crippen LogP contribution in [0.25, 0.3) is 0 Å². The van der Waals surface area contributed by atoms with E-state index in [1.54, 1.807) is 0 Å². The lowest BCUT2D eigenvalue weighted by Crippen LogP contribution is -2.22. The van der Waals surface area contributed by atoms with Crippen molar-refractivity contribution in [1.29, 1.82) is 0 Å². The average Bonchev–Trinajstić information content (AvgIpc) is 3.13. The van der Waals surface area contributed by atoms with Gasteiger partial charge in [-0.05, 0) is 28.8 Å². The van der Waals surface area contributed by atoms with Crippen LogP contribution in [0.2, 0.25) is 0 Å². The van der Waals surface area contributed by atoms with Crippen molar-refractivity contribution in [2.45, 2.75) is 18.6 Å². The lowest BCUT2D eigenvalue weighted by molar-refractivity contribution is 0.103. The van der Waals surface area contributed by atoms with Crippen molar-refractivity contribution in [3.8, 4) is 0 Å². The molecule has 1 unspecified atom stereocenters. The van der Waals surface area contributed by atoms with E-state index in [-0.39, 0.29) is 5.92 Å². The van der Waals surface area contributed by atoms with Gasteiger partial charge in [0.15, 0.2) is 0 Å². The molecule has 27 heavy (non-hydrogen) atoms. The number of nitrogens with zero attached hydrogens (tertiary/aromatic N) is 1. The molecule has 2 nitrogen and oxygen atoms in total. The van der Waals surface area contributed by atoms with Crippen molar-refractivity contribution >= 4 is 15.9 Å². The quantitative estimate of drug-likeness (QED) is 0.595. The highest BCUT2D eigenvalue weighted by Crippen LogP contribution is 2.41. The van der Waals surface area contributed by atoms with Crippen molar-refractivity contribution in [3.63, 3.8) is 0 Å². The van der Waals surface area contributed by atoms with Gasteiger partial charge in [-0.25, -0.2) is 0 Å². The predicted octanol–water partition coefficient (Wildman–Crippen LogP) is 5.40. The monoisotopic (exact) mass is 421 g/mol. The minimum Gasteiger partial charge on any atom is -0.388 e. The highest BCUT2D eigenvalue weighted by atomic mass is 79.9. The molecule has 3 aromatic rings. The number of benzene rings is 3. The summed E-state index contributed by atoms with van der Waals surface area (Å²) in [5.41, 5.74) is 3.63. The van der Waals surface area contributed by atoms with Gasteiger partial charge in [0.1, 0.15) is 0 Å². The van der Waals surface area contributed by atoms with E-state index in [2.05, 4.69) is 75.4 Å². The fourth-order valence-corrected chi connectivity index (χ4v) is 4.43. The van der Waals surface area contributed by atoms with Crippen LogP contribution in [0.4, 0.5) is 0 Å². The molecule has 138 valence electrons. The Labute approximate surface area is 169 Å². The van der Waals surface area contributed by atoms with Crippen molar-refractivity contribution in [3.05, 3.63) is 106 Å². The first-order valence-corrected chi connectivity index (χ1v) is 10.2. The number of hydrogen-bond donors (Lipinski definition) is 1. The summed E-state index contributed by atoms with van der Waals surface area (Å²) in [5, 5.41) is 11.2. The first-order chi connectivity index (χ1) is 13.2. The second-order valence-electron chi connectivity index (χ2n) is 7.36. The summed E-state index contributed by atoms with van der Waals surface area (Å²) in [5.74, 6) is 0.495. The van der Waals surface area contributed by atoms with Gasteiger partial charge >= 0.3 is 0 Å². The highest BCUT2D eigenvalue weighted by molar-refractivity contribution is 9.10. The second kappa shape index (κ2) is 8.39. The maximum atomic E-state index is 11.2. The molecule has 1 fully saturated rings. The molecule has 3 aromatic carbocycles.